The van der Waals surface area contributed by atoms with Gasteiger partial charge in [-0.25, -0.2) is 0 Å². The van der Waals surface area contributed by atoms with E-state index in [1.54, 1.807) is 0 Å². The lowest BCUT2D eigenvalue weighted by molar-refractivity contribution is 0.113. The summed E-state index contributed by atoms with van der Waals surface area (Å²) in [7, 11) is 0. The van der Waals surface area contributed by atoms with Crippen molar-refractivity contribution in [3.8, 4) is 0 Å². The minimum atomic E-state index is 0.293. The molecule has 1 rings (SSSR count). The Morgan fingerprint density at radius 3 is 2.35 bits per heavy atom. The Morgan fingerprint density at radius 1 is 1.15 bits per heavy atom. The van der Waals surface area contributed by atoms with Crippen LogP contribution in [0.2, 0.25) is 0 Å². The molecule has 20 heavy (non-hydrogen) atoms. The van der Waals surface area contributed by atoms with Gasteiger partial charge in [0.1, 0.15) is 0 Å². The van der Waals surface area contributed by atoms with E-state index in [2.05, 4.69) is 16.7 Å². The van der Waals surface area contributed by atoms with E-state index in [9.17, 15) is 0 Å². The van der Waals surface area contributed by atoms with E-state index in [0.29, 0.717) is 17.6 Å². The van der Waals surface area contributed by atoms with Crippen molar-refractivity contribution in [3.05, 3.63) is 0 Å². The Hall–Kier alpha value is -0.230. The van der Waals surface area contributed by atoms with Crippen LogP contribution in [0.5, 0.6) is 0 Å². The number of nitrogens with two attached hydrogens (primary N) is 1. The minimum Gasteiger partial charge on any atom is -0.396 e. The molecule has 0 radical (unpaired) electrons. The first-order chi connectivity index (χ1) is 9.69. The second-order valence-corrected chi connectivity index (χ2v) is 6.19. The topological polar surface area (TPSA) is 52.7 Å². The summed E-state index contributed by atoms with van der Waals surface area (Å²) in [5.41, 5.74) is 5.87. The molecule has 0 amide bonds. The van der Waals surface area contributed by atoms with Gasteiger partial charge in [0, 0.05) is 32.8 Å². The lowest BCUT2D eigenvalue weighted by atomic mass is 10.1. The first kappa shape index (κ1) is 17.8. The van der Waals surface area contributed by atoms with Gasteiger partial charge in [0.2, 0.25) is 0 Å². The van der Waals surface area contributed by atoms with Crippen molar-refractivity contribution >= 4 is 17.2 Å². The first-order valence-electron chi connectivity index (χ1n) is 8.05. The standard InChI is InChI=1S/C15H31N3OS/c1-2-7-14(15(16)20)18-11-9-17(10-12-18)8-5-3-4-6-13-19/h14,19H,2-13H2,1H3,(H2,16,20). The maximum Gasteiger partial charge on any atom is 0.0902 e. The number of unbranched alkanes of at least 4 members (excludes halogenated alkanes) is 3. The summed E-state index contributed by atoms with van der Waals surface area (Å²) >= 11 is 5.21. The van der Waals surface area contributed by atoms with Gasteiger partial charge in [-0.15, -0.1) is 0 Å². The van der Waals surface area contributed by atoms with Crippen LogP contribution in [0, 0.1) is 0 Å². The van der Waals surface area contributed by atoms with Crippen LogP contribution in [0.25, 0.3) is 0 Å². The van der Waals surface area contributed by atoms with E-state index in [1.165, 1.54) is 19.4 Å². The molecule has 0 bridgehead atoms. The fourth-order valence-corrected chi connectivity index (χ4v) is 3.14. The van der Waals surface area contributed by atoms with Crippen molar-refractivity contribution in [1.82, 2.24) is 9.80 Å². The minimum absolute atomic E-state index is 0.293. The Labute approximate surface area is 129 Å². The molecule has 3 N–H and O–H groups in total. The van der Waals surface area contributed by atoms with Crippen LogP contribution in [-0.2, 0) is 0 Å². The van der Waals surface area contributed by atoms with Crippen molar-refractivity contribution in [2.24, 2.45) is 5.73 Å². The molecule has 5 heteroatoms. The number of rotatable bonds is 10. The average Bonchev–Trinajstić information content (AvgIpc) is 2.45. The third-order valence-electron chi connectivity index (χ3n) is 4.12. The van der Waals surface area contributed by atoms with Gasteiger partial charge in [0.05, 0.1) is 11.0 Å². The Bertz CT molecular complexity index is 268. The first-order valence-corrected chi connectivity index (χ1v) is 8.46. The van der Waals surface area contributed by atoms with Crippen molar-refractivity contribution < 1.29 is 5.11 Å². The van der Waals surface area contributed by atoms with Crippen molar-refractivity contribution in [2.75, 3.05) is 39.3 Å². The van der Waals surface area contributed by atoms with Gasteiger partial charge >= 0.3 is 0 Å². The van der Waals surface area contributed by atoms with Gasteiger partial charge in [0.25, 0.3) is 0 Å². The molecular formula is C15H31N3OS. The van der Waals surface area contributed by atoms with Gasteiger partial charge in [-0.2, -0.15) is 0 Å². The van der Waals surface area contributed by atoms with Gasteiger partial charge in [-0.1, -0.05) is 38.4 Å². The molecule has 118 valence electrons. The lowest BCUT2D eigenvalue weighted by Gasteiger charge is -2.39. The van der Waals surface area contributed by atoms with Gasteiger partial charge < -0.3 is 15.7 Å². The van der Waals surface area contributed by atoms with Gasteiger partial charge in [-0.3, -0.25) is 4.90 Å². The fourth-order valence-electron chi connectivity index (χ4n) is 2.88. The number of aliphatic hydroxyl groups is 1. The summed E-state index contributed by atoms with van der Waals surface area (Å²) in [5.74, 6) is 0. The molecule has 1 aliphatic heterocycles. The molecule has 1 fully saturated rings. The number of piperazine rings is 1. The van der Waals surface area contributed by atoms with Crippen LogP contribution in [0.15, 0.2) is 0 Å². The number of hydrogen-bond acceptors (Lipinski definition) is 4. The van der Waals surface area contributed by atoms with E-state index in [0.717, 1.165) is 51.9 Å². The second-order valence-electron chi connectivity index (χ2n) is 5.72. The predicted octanol–water partition coefficient (Wildman–Crippen LogP) is 1.61. The van der Waals surface area contributed by atoms with Gasteiger partial charge in [0.15, 0.2) is 0 Å². The average molecular weight is 302 g/mol. The largest absolute Gasteiger partial charge is 0.396 e. The van der Waals surface area contributed by atoms with E-state index in [4.69, 9.17) is 23.1 Å². The third kappa shape index (κ3) is 6.48. The molecule has 0 spiro atoms. The summed E-state index contributed by atoms with van der Waals surface area (Å²) in [6.45, 7) is 8.12. The lowest BCUT2D eigenvalue weighted by Crippen LogP contribution is -2.53. The number of aliphatic hydroxyl groups excluding tert-OH is 1. The quantitative estimate of drug-likeness (QED) is 0.474. The second kappa shape index (κ2) is 10.5. The molecule has 0 aromatic carbocycles. The molecule has 1 heterocycles. The summed E-state index contributed by atoms with van der Waals surface area (Å²) < 4.78 is 0. The van der Waals surface area contributed by atoms with Crippen molar-refractivity contribution in [1.29, 1.82) is 0 Å². The van der Waals surface area contributed by atoms with Crippen LogP contribution >= 0.6 is 12.2 Å². The monoisotopic (exact) mass is 301 g/mol. The zero-order valence-electron chi connectivity index (χ0n) is 12.9. The van der Waals surface area contributed by atoms with Crippen LogP contribution < -0.4 is 5.73 Å². The molecule has 4 nitrogen and oxygen atoms in total. The van der Waals surface area contributed by atoms with E-state index in [-0.39, 0.29) is 0 Å². The molecule has 1 unspecified atom stereocenters. The van der Waals surface area contributed by atoms with E-state index >= 15 is 0 Å². The molecule has 0 aromatic heterocycles. The fraction of sp³-hybridized carbons (Fsp3) is 0.933. The Kier molecular flexibility index (Phi) is 9.35. The molecule has 0 aliphatic carbocycles. The molecule has 1 saturated heterocycles. The van der Waals surface area contributed by atoms with Crippen molar-refractivity contribution in [3.63, 3.8) is 0 Å². The molecule has 0 saturated carbocycles. The number of hydrogen-bond donors (Lipinski definition) is 2. The van der Waals surface area contributed by atoms with Crippen LogP contribution in [0.3, 0.4) is 0 Å². The molecule has 0 aromatic rings. The van der Waals surface area contributed by atoms with Crippen molar-refractivity contribution in [2.45, 2.75) is 51.5 Å². The summed E-state index contributed by atoms with van der Waals surface area (Å²) in [6.07, 6.45) is 6.78. The summed E-state index contributed by atoms with van der Waals surface area (Å²) in [5, 5.41) is 8.75. The molecular weight excluding hydrogens is 270 g/mol. The smallest absolute Gasteiger partial charge is 0.0902 e. The highest BCUT2D eigenvalue weighted by Crippen LogP contribution is 2.12. The summed E-state index contributed by atoms with van der Waals surface area (Å²) in [4.78, 5) is 5.65. The predicted molar refractivity (Wildman–Crippen MR) is 89.0 cm³/mol. The maximum atomic E-state index is 8.75. The maximum absolute atomic E-state index is 8.75. The molecule has 1 atom stereocenters. The van der Waals surface area contributed by atoms with Crippen LogP contribution in [0.4, 0.5) is 0 Å². The normalized spacial score (nSPS) is 19.1. The Balaban J connectivity index is 2.20. The van der Waals surface area contributed by atoms with Crippen LogP contribution in [0.1, 0.15) is 45.4 Å². The molecule has 1 aliphatic rings. The third-order valence-corrected chi connectivity index (χ3v) is 4.39. The van der Waals surface area contributed by atoms with E-state index in [1.807, 2.05) is 0 Å². The number of nitrogens with zero attached hydrogens (tertiary/aromatic N) is 2. The number of thiocarbonyl (C=S) groups is 1. The highest BCUT2D eigenvalue weighted by Gasteiger charge is 2.24. The zero-order valence-corrected chi connectivity index (χ0v) is 13.7. The van der Waals surface area contributed by atoms with Gasteiger partial charge in [-0.05, 0) is 25.8 Å². The van der Waals surface area contributed by atoms with Crippen LogP contribution in [-0.4, -0.2) is 65.3 Å². The highest BCUT2D eigenvalue weighted by atomic mass is 32.1. The van der Waals surface area contributed by atoms with E-state index < -0.39 is 0 Å². The SMILES string of the molecule is CCCC(C(N)=S)N1CCN(CCCCCCO)CC1. The summed E-state index contributed by atoms with van der Waals surface area (Å²) in [6, 6.07) is 0.293. The zero-order chi connectivity index (χ0) is 14.8. The Morgan fingerprint density at radius 2 is 1.80 bits per heavy atom. The highest BCUT2D eigenvalue weighted by molar-refractivity contribution is 7.80.